The zero-order valence-corrected chi connectivity index (χ0v) is 11.1. The first kappa shape index (κ1) is 11.6. The second-order valence-corrected chi connectivity index (χ2v) is 5.82. The average Bonchev–Trinajstić information content (AvgIpc) is 2.70. The van der Waals surface area contributed by atoms with Gasteiger partial charge in [-0.25, -0.2) is 4.98 Å². The second-order valence-electron chi connectivity index (χ2n) is 3.16. The quantitative estimate of drug-likeness (QED) is 0.859. The van der Waals surface area contributed by atoms with Crippen LogP contribution in [0, 0.1) is 0 Å². The molecule has 4 nitrogen and oxygen atoms in total. The summed E-state index contributed by atoms with van der Waals surface area (Å²) in [4.78, 5) is 6.11. The molecule has 2 heterocycles. The van der Waals surface area contributed by atoms with Gasteiger partial charge in [-0.15, -0.1) is 10.2 Å². The Labute approximate surface area is 107 Å². The molecule has 0 aromatic carbocycles. The van der Waals surface area contributed by atoms with Crippen LogP contribution in [0.4, 0.5) is 5.13 Å². The van der Waals surface area contributed by atoms with Crippen molar-refractivity contribution in [1.82, 2.24) is 15.2 Å². The minimum Gasteiger partial charge on any atom is -0.353 e. The molecule has 7 heteroatoms. The Morgan fingerprint density at radius 2 is 2.12 bits per heavy atom. The largest absolute Gasteiger partial charge is 0.353 e. The molecule has 0 unspecified atom stereocenters. The molecule has 0 spiro atoms. The summed E-state index contributed by atoms with van der Waals surface area (Å²) in [5.41, 5.74) is 0. The van der Waals surface area contributed by atoms with Gasteiger partial charge in [0.05, 0.1) is 5.02 Å². The summed E-state index contributed by atoms with van der Waals surface area (Å²) in [5, 5.41) is 10.5. The molecule has 0 aliphatic carbocycles. The van der Waals surface area contributed by atoms with E-state index in [0.717, 1.165) is 14.5 Å². The third-order valence-corrected chi connectivity index (χ3v) is 3.99. The first-order valence-electron chi connectivity index (χ1n) is 4.45. The molecule has 0 amide bonds. The van der Waals surface area contributed by atoms with Gasteiger partial charge in [0.1, 0.15) is 5.03 Å². The highest BCUT2D eigenvalue weighted by Crippen LogP contribution is 2.31. The van der Waals surface area contributed by atoms with E-state index in [4.69, 9.17) is 11.6 Å². The third-order valence-electron chi connectivity index (χ3n) is 1.67. The minimum absolute atomic E-state index is 0.635. The maximum atomic E-state index is 5.76. The van der Waals surface area contributed by atoms with E-state index in [1.165, 1.54) is 23.1 Å². The standard InChI is InChI=1S/C9H9ClN4S2/c1-14(2)8-12-13-9(16-8)15-7-4-3-6(10)5-11-7/h3-5H,1-2H3. The Morgan fingerprint density at radius 1 is 1.31 bits per heavy atom. The molecule has 2 rings (SSSR count). The first-order valence-corrected chi connectivity index (χ1v) is 6.46. The van der Waals surface area contributed by atoms with E-state index in [9.17, 15) is 0 Å². The van der Waals surface area contributed by atoms with E-state index in [1.807, 2.05) is 31.1 Å². The fraction of sp³-hybridized carbons (Fsp3) is 0.222. The zero-order valence-electron chi connectivity index (χ0n) is 8.72. The summed E-state index contributed by atoms with van der Waals surface area (Å²) >= 11 is 8.77. The lowest BCUT2D eigenvalue weighted by atomic mass is 10.5. The molecular weight excluding hydrogens is 264 g/mol. The van der Waals surface area contributed by atoms with Crippen LogP contribution < -0.4 is 4.90 Å². The lowest BCUT2D eigenvalue weighted by Crippen LogP contribution is -2.07. The predicted molar refractivity (Wildman–Crippen MR) is 67.6 cm³/mol. The summed E-state index contributed by atoms with van der Waals surface area (Å²) in [5.74, 6) is 0. The Hall–Kier alpha value is -0.850. The van der Waals surface area contributed by atoms with Gasteiger partial charge >= 0.3 is 0 Å². The number of aromatic nitrogens is 3. The van der Waals surface area contributed by atoms with Gasteiger partial charge < -0.3 is 4.90 Å². The second kappa shape index (κ2) is 4.99. The number of rotatable bonds is 3. The van der Waals surface area contributed by atoms with E-state index in [2.05, 4.69) is 15.2 Å². The molecular formula is C9H9ClN4S2. The van der Waals surface area contributed by atoms with Crippen molar-refractivity contribution in [1.29, 1.82) is 0 Å². The molecule has 2 aromatic heterocycles. The Kier molecular flexibility index (Phi) is 3.63. The van der Waals surface area contributed by atoms with Gasteiger partial charge in [-0.3, -0.25) is 0 Å². The molecule has 0 atom stereocenters. The number of hydrogen-bond acceptors (Lipinski definition) is 6. The molecule has 0 radical (unpaired) electrons. The molecule has 0 saturated heterocycles. The highest BCUT2D eigenvalue weighted by molar-refractivity contribution is 8.01. The molecule has 2 aromatic rings. The van der Waals surface area contributed by atoms with Crippen molar-refractivity contribution in [2.75, 3.05) is 19.0 Å². The van der Waals surface area contributed by atoms with Crippen molar-refractivity contribution in [2.45, 2.75) is 9.37 Å². The fourth-order valence-electron chi connectivity index (χ4n) is 0.937. The molecule has 16 heavy (non-hydrogen) atoms. The van der Waals surface area contributed by atoms with E-state index in [0.29, 0.717) is 5.02 Å². The summed E-state index contributed by atoms with van der Waals surface area (Å²) in [6.45, 7) is 0. The minimum atomic E-state index is 0.635. The van der Waals surface area contributed by atoms with E-state index >= 15 is 0 Å². The summed E-state index contributed by atoms with van der Waals surface area (Å²) < 4.78 is 0.874. The van der Waals surface area contributed by atoms with Gasteiger partial charge in [-0.05, 0) is 23.9 Å². The van der Waals surface area contributed by atoms with Crippen molar-refractivity contribution in [3.8, 4) is 0 Å². The van der Waals surface area contributed by atoms with Crippen molar-refractivity contribution in [3.05, 3.63) is 23.4 Å². The third kappa shape index (κ3) is 2.84. The maximum Gasteiger partial charge on any atom is 0.208 e. The Balaban J connectivity index is 2.11. The lowest BCUT2D eigenvalue weighted by molar-refractivity contribution is 0.970. The molecule has 84 valence electrons. The Bertz CT molecular complexity index is 469. The van der Waals surface area contributed by atoms with E-state index < -0.39 is 0 Å². The molecule has 0 bridgehead atoms. The Morgan fingerprint density at radius 3 is 2.69 bits per heavy atom. The highest BCUT2D eigenvalue weighted by atomic mass is 35.5. The van der Waals surface area contributed by atoms with Crippen LogP contribution in [0.15, 0.2) is 27.7 Å². The van der Waals surface area contributed by atoms with Crippen molar-refractivity contribution in [2.24, 2.45) is 0 Å². The van der Waals surface area contributed by atoms with Gasteiger partial charge in [0, 0.05) is 20.3 Å². The monoisotopic (exact) mass is 272 g/mol. The number of nitrogens with zero attached hydrogens (tertiary/aromatic N) is 4. The SMILES string of the molecule is CN(C)c1nnc(Sc2ccc(Cl)cn2)s1. The van der Waals surface area contributed by atoms with Crippen molar-refractivity contribution >= 4 is 39.8 Å². The number of anilines is 1. The smallest absolute Gasteiger partial charge is 0.208 e. The summed E-state index contributed by atoms with van der Waals surface area (Å²) in [6.07, 6.45) is 1.62. The zero-order chi connectivity index (χ0) is 11.5. The van der Waals surface area contributed by atoms with Crippen LogP contribution in [-0.2, 0) is 0 Å². The first-order chi connectivity index (χ1) is 7.65. The van der Waals surface area contributed by atoms with Crippen LogP contribution in [0.1, 0.15) is 0 Å². The molecule has 0 N–H and O–H groups in total. The van der Waals surface area contributed by atoms with E-state index in [1.54, 1.807) is 6.20 Å². The van der Waals surface area contributed by atoms with Crippen LogP contribution in [0.5, 0.6) is 0 Å². The van der Waals surface area contributed by atoms with Crippen molar-refractivity contribution < 1.29 is 0 Å². The normalized spacial score (nSPS) is 10.4. The van der Waals surface area contributed by atoms with Crippen LogP contribution in [0.25, 0.3) is 0 Å². The predicted octanol–water partition coefficient (Wildman–Crippen LogP) is 2.80. The summed E-state index contributed by atoms with van der Waals surface area (Å²) in [7, 11) is 3.88. The van der Waals surface area contributed by atoms with Gasteiger partial charge in [-0.1, -0.05) is 22.9 Å². The van der Waals surface area contributed by atoms with Crippen LogP contribution >= 0.6 is 34.7 Å². The molecule has 0 saturated carbocycles. The number of halogens is 1. The summed E-state index contributed by atoms with van der Waals surface area (Å²) in [6, 6.07) is 3.68. The molecule has 0 aliphatic rings. The topological polar surface area (TPSA) is 41.9 Å². The fourth-order valence-corrected chi connectivity index (χ4v) is 2.70. The average molecular weight is 273 g/mol. The van der Waals surface area contributed by atoms with Gasteiger partial charge in [0.2, 0.25) is 5.13 Å². The number of hydrogen-bond donors (Lipinski definition) is 0. The lowest BCUT2D eigenvalue weighted by Gasteiger charge is -2.03. The van der Waals surface area contributed by atoms with Crippen molar-refractivity contribution in [3.63, 3.8) is 0 Å². The number of pyridine rings is 1. The molecule has 0 aliphatic heterocycles. The maximum absolute atomic E-state index is 5.76. The molecule has 0 fully saturated rings. The van der Waals surface area contributed by atoms with Gasteiger partial charge in [0.15, 0.2) is 4.34 Å². The van der Waals surface area contributed by atoms with Gasteiger partial charge in [0.25, 0.3) is 0 Å². The van der Waals surface area contributed by atoms with Crippen LogP contribution in [0.2, 0.25) is 5.02 Å². The highest BCUT2D eigenvalue weighted by Gasteiger charge is 2.07. The van der Waals surface area contributed by atoms with Crippen LogP contribution in [0.3, 0.4) is 0 Å². The van der Waals surface area contributed by atoms with Crippen LogP contribution in [-0.4, -0.2) is 29.3 Å². The van der Waals surface area contributed by atoms with Gasteiger partial charge in [-0.2, -0.15) is 0 Å². The van der Waals surface area contributed by atoms with E-state index in [-0.39, 0.29) is 0 Å².